The van der Waals surface area contributed by atoms with Gasteiger partial charge in [0.15, 0.2) is 17.5 Å². The largest absolute Gasteiger partial charge is 0.387 e. The molecule has 0 unspecified atom stereocenters. The summed E-state index contributed by atoms with van der Waals surface area (Å²) in [4.78, 5) is 11.7. The molecule has 0 radical (unpaired) electrons. The molecule has 2 atom stereocenters. The van der Waals surface area contributed by atoms with Crippen molar-refractivity contribution < 1.29 is 23.1 Å². The molecule has 0 aliphatic carbocycles. The summed E-state index contributed by atoms with van der Waals surface area (Å²) in [6, 6.07) is 2.03. The zero-order valence-corrected chi connectivity index (χ0v) is 13.0. The lowest BCUT2D eigenvalue weighted by molar-refractivity contribution is 0.173. The van der Waals surface area contributed by atoms with Crippen molar-refractivity contribution in [2.75, 3.05) is 6.54 Å². The molecular formula is C15H15F3N2O2S. The molecule has 2 aromatic rings. The summed E-state index contributed by atoms with van der Waals surface area (Å²) in [6.45, 7) is 1.49. The van der Waals surface area contributed by atoms with Crippen molar-refractivity contribution in [1.82, 2.24) is 10.6 Å². The van der Waals surface area contributed by atoms with E-state index >= 15 is 0 Å². The first-order chi connectivity index (χ1) is 10.9. The molecule has 4 nitrogen and oxygen atoms in total. The van der Waals surface area contributed by atoms with Gasteiger partial charge in [-0.15, -0.1) is 0 Å². The maximum atomic E-state index is 13.2. The predicted octanol–water partition coefficient (Wildman–Crippen LogP) is 3.26. The van der Waals surface area contributed by atoms with Gasteiger partial charge in [-0.2, -0.15) is 11.3 Å². The summed E-state index contributed by atoms with van der Waals surface area (Å²) in [7, 11) is 0. The standard InChI is InChI=1S/C15H15F3N2O2S/c1-8(10-4-11(16)14(18)12(17)5-10)20-15(22)19-6-13(21)9-2-3-23-7-9/h2-5,7-8,13,21H,6H2,1H3,(H2,19,20,22)/t8-,13+/m1/s1. The number of carbonyl (C=O) groups is 1. The molecule has 124 valence electrons. The van der Waals surface area contributed by atoms with E-state index in [1.54, 1.807) is 16.8 Å². The number of nitrogens with one attached hydrogen (secondary N) is 2. The number of urea groups is 1. The van der Waals surface area contributed by atoms with E-state index in [0.29, 0.717) is 5.56 Å². The Hall–Kier alpha value is -2.06. The van der Waals surface area contributed by atoms with Crippen molar-refractivity contribution in [3.63, 3.8) is 0 Å². The van der Waals surface area contributed by atoms with Crippen LogP contribution in [0.1, 0.15) is 30.2 Å². The van der Waals surface area contributed by atoms with Gasteiger partial charge in [0.2, 0.25) is 0 Å². The van der Waals surface area contributed by atoms with Gasteiger partial charge in [0.1, 0.15) is 0 Å². The molecule has 2 rings (SSSR count). The molecule has 0 saturated carbocycles. The Morgan fingerprint density at radius 2 is 1.91 bits per heavy atom. The average molecular weight is 344 g/mol. The Morgan fingerprint density at radius 1 is 1.26 bits per heavy atom. The molecule has 23 heavy (non-hydrogen) atoms. The van der Waals surface area contributed by atoms with Gasteiger partial charge in [-0.3, -0.25) is 0 Å². The normalized spacial score (nSPS) is 13.4. The second-order valence-corrected chi connectivity index (χ2v) is 5.73. The van der Waals surface area contributed by atoms with Crippen LogP contribution in [0.25, 0.3) is 0 Å². The Balaban J connectivity index is 1.90. The highest BCUT2D eigenvalue weighted by Crippen LogP contribution is 2.19. The fourth-order valence-corrected chi connectivity index (χ4v) is 2.64. The molecule has 1 aromatic heterocycles. The van der Waals surface area contributed by atoms with E-state index in [1.165, 1.54) is 18.3 Å². The third-order valence-corrected chi connectivity index (χ3v) is 3.94. The number of aliphatic hydroxyl groups excluding tert-OH is 1. The van der Waals surface area contributed by atoms with E-state index in [1.807, 2.05) is 0 Å². The molecule has 3 N–H and O–H groups in total. The van der Waals surface area contributed by atoms with Crippen LogP contribution in [-0.4, -0.2) is 17.7 Å². The van der Waals surface area contributed by atoms with Crippen LogP contribution < -0.4 is 10.6 Å². The molecule has 0 saturated heterocycles. The van der Waals surface area contributed by atoms with E-state index < -0.39 is 35.6 Å². The smallest absolute Gasteiger partial charge is 0.315 e. The van der Waals surface area contributed by atoms with Crippen molar-refractivity contribution in [2.24, 2.45) is 0 Å². The molecule has 0 bridgehead atoms. The van der Waals surface area contributed by atoms with Crippen molar-refractivity contribution >= 4 is 17.4 Å². The van der Waals surface area contributed by atoms with Crippen LogP contribution in [-0.2, 0) is 0 Å². The minimum absolute atomic E-state index is 0.0125. The van der Waals surface area contributed by atoms with Gasteiger partial charge in [-0.25, -0.2) is 18.0 Å². The Bertz CT molecular complexity index is 656. The zero-order chi connectivity index (χ0) is 17.0. The predicted molar refractivity (Wildman–Crippen MR) is 80.5 cm³/mol. The number of thiophene rings is 1. The van der Waals surface area contributed by atoms with Gasteiger partial charge < -0.3 is 15.7 Å². The number of benzene rings is 1. The molecule has 8 heteroatoms. The molecule has 0 aliphatic rings. The third-order valence-electron chi connectivity index (χ3n) is 3.24. The maximum absolute atomic E-state index is 13.2. The van der Waals surface area contributed by atoms with E-state index in [0.717, 1.165) is 12.1 Å². The maximum Gasteiger partial charge on any atom is 0.315 e. The molecule has 2 amide bonds. The second-order valence-electron chi connectivity index (χ2n) is 4.95. The second kappa shape index (κ2) is 7.47. The summed E-state index contributed by atoms with van der Waals surface area (Å²) in [5.74, 6) is -4.19. The van der Waals surface area contributed by atoms with Crippen LogP contribution >= 0.6 is 11.3 Å². The topological polar surface area (TPSA) is 61.4 Å². The summed E-state index contributed by atoms with van der Waals surface area (Å²) in [5, 5.41) is 18.3. The molecule has 1 aromatic carbocycles. The van der Waals surface area contributed by atoms with Crippen molar-refractivity contribution in [3.8, 4) is 0 Å². The number of carbonyl (C=O) groups excluding carboxylic acids is 1. The number of aliphatic hydroxyl groups is 1. The van der Waals surface area contributed by atoms with Crippen LogP contribution in [0, 0.1) is 17.5 Å². The van der Waals surface area contributed by atoms with E-state index in [-0.39, 0.29) is 12.1 Å². The summed E-state index contributed by atoms with van der Waals surface area (Å²) >= 11 is 1.42. The van der Waals surface area contributed by atoms with Crippen molar-refractivity contribution in [2.45, 2.75) is 19.1 Å². The van der Waals surface area contributed by atoms with Gasteiger partial charge in [0.25, 0.3) is 0 Å². The number of hydrogen-bond acceptors (Lipinski definition) is 3. The van der Waals surface area contributed by atoms with E-state index in [2.05, 4.69) is 10.6 Å². The van der Waals surface area contributed by atoms with Crippen LogP contribution in [0.2, 0.25) is 0 Å². The first-order valence-electron chi connectivity index (χ1n) is 6.77. The lowest BCUT2D eigenvalue weighted by Gasteiger charge is -2.17. The minimum atomic E-state index is -1.55. The number of halogens is 3. The first kappa shape index (κ1) is 17.3. The molecule has 0 aliphatic heterocycles. The van der Waals surface area contributed by atoms with Crippen LogP contribution in [0.3, 0.4) is 0 Å². The van der Waals surface area contributed by atoms with Gasteiger partial charge in [0.05, 0.1) is 12.1 Å². The van der Waals surface area contributed by atoms with Crippen LogP contribution in [0.15, 0.2) is 29.0 Å². The monoisotopic (exact) mass is 344 g/mol. The van der Waals surface area contributed by atoms with Gasteiger partial charge >= 0.3 is 6.03 Å². The van der Waals surface area contributed by atoms with E-state index in [9.17, 15) is 23.1 Å². The van der Waals surface area contributed by atoms with Gasteiger partial charge in [-0.1, -0.05) is 0 Å². The summed E-state index contributed by atoms with van der Waals surface area (Å²) in [5.41, 5.74) is 0.779. The Labute approximate surface area is 135 Å². The van der Waals surface area contributed by atoms with Crippen LogP contribution in [0.5, 0.6) is 0 Å². The molecule has 1 heterocycles. The minimum Gasteiger partial charge on any atom is -0.387 e. The number of rotatable bonds is 5. The highest BCUT2D eigenvalue weighted by atomic mass is 32.1. The zero-order valence-electron chi connectivity index (χ0n) is 12.1. The lowest BCUT2D eigenvalue weighted by atomic mass is 10.1. The van der Waals surface area contributed by atoms with Crippen molar-refractivity contribution in [1.29, 1.82) is 0 Å². The number of amides is 2. The third kappa shape index (κ3) is 4.46. The lowest BCUT2D eigenvalue weighted by Crippen LogP contribution is -2.39. The number of hydrogen-bond donors (Lipinski definition) is 3. The quantitative estimate of drug-likeness (QED) is 0.729. The van der Waals surface area contributed by atoms with Crippen LogP contribution in [0.4, 0.5) is 18.0 Å². The summed E-state index contributed by atoms with van der Waals surface area (Å²) in [6.07, 6.45) is -0.844. The van der Waals surface area contributed by atoms with Gasteiger partial charge in [-0.05, 0) is 47.0 Å². The Morgan fingerprint density at radius 3 is 2.48 bits per heavy atom. The first-order valence-corrected chi connectivity index (χ1v) is 7.71. The molecular weight excluding hydrogens is 329 g/mol. The molecule has 0 spiro atoms. The fourth-order valence-electron chi connectivity index (χ4n) is 1.93. The highest BCUT2D eigenvalue weighted by Gasteiger charge is 2.16. The average Bonchev–Trinajstić information content (AvgIpc) is 3.04. The van der Waals surface area contributed by atoms with Crippen molar-refractivity contribution in [3.05, 3.63) is 57.5 Å². The summed E-state index contributed by atoms with van der Waals surface area (Å²) < 4.78 is 39.3. The highest BCUT2D eigenvalue weighted by molar-refractivity contribution is 7.07. The van der Waals surface area contributed by atoms with E-state index in [4.69, 9.17) is 0 Å². The van der Waals surface area contributed by atoms with Gasteiger partial charge in [0, 0.05) is 6.54 Å². The Kier molecular flexibility index (Phi) is 5.62. The SMILES string of the molecule is C[C@@H](NC(=O)NC[C@H](O)c1ccsc1)c1cc(F)c(F)c(F)c1. The fraction of sp³-hybridized carbons (Fsp3) is 0.267. The molecule has 0 fully saturated rings.